The number of hydrogen-bond acceptors (Lipinski definition) is 3. The van der Waals surface area contributed by atoms with Gasteiger partial charge in [0.15, 0.2) is 0 Å². The summed E-state index contributed by atoms with van der Waals surface area (Å²) in [6.45, 7) is -0.168. The molecule has 1 aliphatic rings. The summed E-state index contributed by atoms with van der Waals surface area (Å²) in [7, 11) is 0. The molecule has 0 saturated carbocycles. The summed E-state index contributed by atoms with van der Waals surface area (Å²) in [5.41, 5.74) is 0. The highest BCUT2D eigenvalue weighted by atomic mass is 16.3. The summed E-state index contributed by atoms with van der Waals surface area (Å²) in [5, 5.41) is 10.7. The van der Waals surface area contributed by atoms with Crippen LogP contribution in [0.15, 0.2) is 0 Å². The number of amides is 2. The lowest BCUT2D eigenvalue weighted by Gasteiger charge is -2.17. The van der Waals surface area contributed by atoms with Crippen molar-refractivity contribution in [1.29, 1.82) is 0 Å². The van der Waals surface area contributed by atoms with Crippen molar-refractivity contribution < 1.29 is 14.7 Å². The lowest BCUT2D eigenvalue weighted by Crippen LogP contribution is -2.41. The van der Waals surface area contributed by atoms with Crippen LogP contribution in [0.2, 0.25) is 0 Å². The number of carbonyl (C=O) groups is 2. The molecule has 0 aromatic carbocycles. The second-order valence-corrected chi connectivity index (χ2v) is 2.33. The quantitative estimate of drug-likeness (QED) is 0.464. The summed E-state index contributed by atoms with van der Waals surface area (Å²) in [4.78, 5) is 21.3. The van der Waals surface area contributed by atoms with E-state index >= 15 is 0 Å². The zero-order chi connectivity index (χ0) is 7.56. The van der Waals surface area contributed by atoms with Crippen molar-refractivity contribution in [3.8, 4) is 0 Å². The normalized spacial score (nSPS) is 26.3. The van der Waals surface area contributed by atoms with Crippen LogP contribution in [-0.4, -0.2) is 23.5 Å². The van der Waals surface area contributed by atoms with Gasteiger partial charge in [-0.05, 0) is 6.42 Å². The molecule has 1 unspecified atom stereocenters. The van der Waals surface area contributed by atoms with Gasteiger partial charge in [0.2, 0.25) is 11.8 Å². The summed E-state index contributed by atoms with van der Waals surface area (Å²) in [5.74, 6) is -0.967. The number of aliphatic hydroxyl groups is 1. The van der Waals surface area contributed by atoms with Gasteiger partial charge in [0, 0.05) is 6.42 Å². The SMILES string of the molecule is O=C1CCC(CO)C(=O)N1. The minimum absolute atomic E-state index is 0.168. The molecule has 1 saturated heterocycles. The van der Waals surface area contributed by atoms with E-state index in [1.165, 1.54) is 0 Å². The van der Waals surface area contributed by atoms with E-state index in [-0.39, 0.29) is 24.3 Å². The molecule has 4 heteroatoms. The molecule has 1 fully saturated rings. The molecule has 0 aromatic rings. The molecule has 4 nitrogen and oxygen atoms in total. The third-order valence-corrected chi connectivity index (χ3v) is 1.57. The third kappa shape index (κ3) is 1.33. The summed E-state index contributed by atoms with van der Waals surface area (Å²) < 4.78 is 0. The molecular weight excluding hydrogens is 134 g/mol. The van der Waals surface area contributed by atoms with Crippen LogP contribution in [0, 0.1) is 5.92 Å². The maximum Gasteiger partial charge on any atom is 0.231 e. The van der Waals surface area contributed by atoms with Crippen LogP contribution in [0.3, 0.4) is 0 Å². The molecule has 0 spiro atoms. The van der Waals surface area contributed by atoms with Crippen LogP contribution < -0.4 is 5.32 Å². The Hall–Kier alpha value is -0.900. The van der Waals surface area contributed by atoms with E-state index in [4.69, 9.17) is 5.11 Å². The van der Waals surface area contributed by atoms with Gasteiger partial charge >= 0.3 is 0 Å². The van der Waals surface area contributed by atoms with Gasteiger partial charge in [0.1, 0.15) is 0 Å². The Kier molecular flexibility index (Phi) is 2.01. The topological polar surface area (TPSA) is 66.4 Å². The van der Waals surface area contributed by atoms with E-state index < -0.39 is 0 Å². The van der Waals surface area contributed by atoms with Crippen LogP contribution in [0.4, 0.5) is 0 Å². The van der Waals surface area contributed by atoms with Crippen molar-refractivity contribution >= 4 is 11.8 Å². The smallest absolute Gasteiger partial charge is 0.231 e. The Labute approximate surface area is 58.2 Å². The number of piperidine rings is 1. The second-order valence-electron chi connectivity index (χ2n) is 2.33. The second kappa shape index (κ2) is 2.79. The Morgan fingerprint density at radius 2 is 2.30 bits per heavy atom. The number of rotatable bonds is 1. The highest BCUT2D eigenvalue weighted by Crippen LogP contribution is 2.10. The van der Waals surface area contributed by atoms with Gasteiger partial charge in [-0.1, -0.05) is 0 Å². The van der Waals surface area contributed by atoms with Crippen molar-refractivity contribution in [1.82, 2.24) is 5.32 Å². The molecule has 1 heterocycles. The molecule has 1 atom stereocenters. The molecule has 2 amide bonds. The lowest BCUT2D eigenvalue weighted by atomic mass is 9.99. The third-order valence-electron chi connectivity index (χ3n) is 1.57. The summed E-state index contributed by atoms with van der Waals surface area (Å²) in [6.07, 6.45) is 0.818. The van der Waals surface area contributed by atoms with Crippen molar-refractivity contribution in [2.45, 2.75) is 12.8 Å². The predicted octanol–water partition coefficient (Wildman–Crippen LogP) is -0.969. The molecule has 0 bridgehead atoms. The van der Waals surface area contributed by atoms with Gasteiger partial charge in [0.25, 0.3) is 0 Å². The average Bonchev–Trinajstić information content (AvgIpc) is 1.88. The van der Waals surface area contributed by atoms with Crippen molar-refractivity contribution in [3.05, 3.63) is 0 Å². The first-order valence-corrected chi connectivity index (χ1v) is 3.18. The van der Waals surface area contributed by atoms with Crippen molar-refractivity contribution in [2.24, 2.45) is 5.92 Å². The highest BCUT2D eigenvalue weighted by Gasteiger charge is 2.25. The standard InChI is InChI=1S/C6H9NO3/c8-3-4-1-2-5(9)7-6(4)10/h4,8H,1-3H2,(H,7,9,10). The van der Waals surface area contributed by atoms with Crippen molar-refractivity contribution in [2.75, 3.05) is 6.61 Å². The zero-order valence-electron chi connectivity index (χ0n) is 5.46. The maximum atomic E-state index is 10.7. The summed E-state index contributed by atoms with van der Waals surface area (Å²) in [6, 6.07) is 0. The van der Waals surface area contributed by atoms with E-state index in [1.807, 2.05) is 0 Å². The van der Waals surface area contributed by atoms with Gasteiger partial charge in [-0.15, -0.1) is 0 Å². The number of imide groups is 1. The molecule has 1 aliphatic heterocycles. The Morgan fingerprint density at radius 1 is 1.60 bits per heavy atom. The molecule has 2 N–H and O–H groups in total. The van der Waals surface area contributed by atoms with Crippen LogP contribution in [0.5, 0.6) is 0 Å². The number of carbonyl (C=O) groups excluding carboxylic acids is 2. The Morgan fingerprint density at radius 3 is 2.80 bits per heavy atom. The van der Waals surface area contributed by atoms with Gasteiger partial charge in [-0.25, -0.2) is 0 Å². The largest absolute Gasteiger partial charge is 0.396 e. The first-order chi connectivity index (χ1) is 4.74. The molecule has 0 aliphatic carbocycles. The Balaban J connectivity index is 2.51. The first kappa shape index (κ1) is 7.21. The van der Waals surface area contributed by atoms with E-state index in [1.54, 1.807) is 0 Å². The number of hydrogen-bond donors (Lipinski definition) is 2. The van der Waals surface area contributed by atoms with Crippen LogP contribution >= 0.6 is 0 Å². The highest BCUT2D eigenvalue weighted by molar-refractivity contribution is 5.98. The zero-order valence-corrected chi connectivity index (χ0v) is 5.46. The van der Waals surface area contributed by atoms with Gasteiger partial charge in [0.05, 0.1) is 12.5 Å². The van der Waals surface area contributed by atoms with E-state index in [0.717, 1.165) is 0 Å². The number of nitrogens with one attached hydrogen (secondary N) is 1. The number of aliphatic hydroxyl groups excluding tert-OH is 1. The monoisotopic (exact) mass is 143 g/mol. The van der Waals surface area contributed by atoms with Crippen LogP contribution in [0.25, 0.3) is 0 Å². The predicted molar refractivity (Wildman–Crippen MR) is 33.0 cm³/mol. The first-order valence-electron chi connectivity index (χ1n) is 3.18. The fourth-order valence-electron chi connectivity index (χ4n) is 0.913. The molecular formula is C6H9NO3. The van der Waals surface area contributed by atoms with Crippen LogP contribution in [-0.2, 0) is 9.59 Å². The molecule has 56 valence electrons. The minimum atomic E-state index is -0.377. The summed E-state index contributed by atoms with van der Waals surface area (Å²) >= 11 is 0. The lowest BCUT2D eigenvalue weighted by molar-refractivity contribution is -0.137. The fourth-order valence-corrected chi connectivity index (χ4v) is 0.913. The fraction of sp³-hybridized carbons (Fsp3) is 0.667. The van der Waals surface area contributed by atoms with Crippen molar-refractivity contribution in [3.63, 3.8) is 0 Å². The molecule has 1 rings (SSSR count). The Bertz CT molecular complexity index is 166. The van der Waals surface area contributed by atoms with Gasteiger partial charge in [-0.3, -0.25) is 14.9 Å². The van der Waals surface area contributed by atoms with Gasteiger partial charge < -0.3 is 5.11 Å². The maximum absolute atomic E-state index is 10.7. The molecule has 10 heavy (non-hydrogen) atoms. The van der Waals surface area contributed by atoms with E-state index in [0.29, 0.717) is 12.8 Å². The minimum Gasteiger partial charge on any atom is -0.396 e. The molecule has 0 radical (unpaired) electrons. The van der Waals surface area contributed by atoms with E-state index in [9.17, 15) is 9.59 Å². The van der Waals surface area contributed by atoms with Gasteiger partial charge in [-0.2, -0.15) is 0 Å². The van der Waals surface area contributed by atoms with Crippen LogP contribution in [0.1, 0.15) is 12.8 Å². The van der Waals surface area contributed by atoms with E-state index in [2.05, 4.69) is 5.32 Å². The molecule has 0 aromatic heterocycles. The average molecular weight is 143 g/mol.